The highest BCUT2D eigenvalue weighted by Crippen LogP contribution is 2.29. The largest absolute Gasteiger partial charge is 0.477 e. The van der Waals surface area contributed by atoms with Gasteiger partial charge in [0.1, 0.15) is 11.3 Å². The minimum atomic E-state index is -1.01. The molecular weight excluding hydrogens is 298 g/mol. The monoisotopic (exact) mass is 309 g/mol. The summed E-state index contributed by atoms with van der Waals surface area (Å²) in [5.41, 5.74) is 2.33. The molecule has 0 atom stereocenters. The van der Waals surface area contributed by atoms with E-state index in [4.69, 9.17) is 4.52 Å². The SMILES string of the molecule is CCc1onc(-c2ccc(C)c(Br)c2)c1C(=O)O. The predicted octanol–water partition coefficient (Wildman–Crippen LogP) is 3.67. The highest BCUT2D eigenvalue weighted by atomic mass is 79.9. The Bertz CT molecular complexity index is 604. The van der Waals surface area contributed by atoms with Crippen LogP contribution in [0.2, 0.25) is 0 Å². The molecule has 1 aromatic carbocycles. The Morgan fingerprint density at radius 3 is 2.78 bits per heavy atom. The van der Waals surface area contributed by atoms with Crippen LogP contribution < -0.4 is 0 Å². The van der Waals surface area contributed by atoms with E-state index in [1.54, 1.807) is 0 Å². The van der Waals surface area contributed by atoms with Crippen LogP contribution in [-0.4, -0.2) is 16.2 Å². The van der Waals surface area contributed by atoms with Gasteiger partial charge in [-0.05, 0) is 18.6 Å². The van der Waals surface area contributed by atoms with Gasteiger partial charge < -0.3 is 9.63 Å². The van der Waals surface area contributed by atoms with Crippen LogP contribution in [0.5, 0.6) is 0 Å². The Balaban J connectivity index is 2.60. The lowest BCUT2D eigenvalue weighted by Gasteiger charge is -2.02. The quantitative estimate of drug-likeness (QED) is 0.939. The van der Waals surface area contributed by atoms with Crippen molar-refractivity contribution < 1.29 is 14.4 Å². The number of carbonyl (C=O) groups is 1. The summed E-state index contributed by atoms with van der Waals surface area (Å²) in [6.45, 7) is 3.80. The van der Waals surface area contributed by atoms with Crippen molar-refractivity contribution >= 4 is 21.9 Å². The number of nitrogens with zero attached hydrogens (tertiary/aromatic N) is 1. The van der Waals surface area contributed by atoms with Gasteiger partial charge in [0.2, 0.25) is 0 Å². The summed E-state index contributed by atoms with van der Waals surface area (Å²) in [7, 11) is 0. The van der Waals surface area contributed by atoms with E-state index in [1.165, 1.54) is 0 Å². The molecule has 0 aliphatic heterocycles. The highest BCUT2D eigenvalue weighted by Gasteiger charge is 2.22. The van der Waals surface area contributed by atoms with Crippen molar-refractivity contribution in [3.63, 3.8) is 0 Å². The Morgan fingerprint density at radius 2 is 2.22 bits per heavy atom. The molecule has 1 aromatic heterocycles. The lowest BCUT2D eigenvalue weighted by atomic mass is 10.0. The number of aryl methyl sites for hydroxylation is 2. The number of hydrogen-bond acceptors (Lipinski definition) is 3. The second kappa shape index (κ2) is 4.94. The maximum Gasteiger partial charge on any atom is 0.341 e. The molecule has 4 nitrogen and oxygen atoms in total. The zero-order chi connectivity index (χ0) is 13.3. The Morgan fingerprint density at radius 1 is 1.50 bits per heavy atom. The summed E-state index contributed by atoms with van der Waals surface area (Å²) in [4.78, 5) is 11.3. The summed E-state index contributed by atoms with van der Waals surface area (Å²) in [6.07, 6.45) is 0.502. The fraction of sp³-hybridized carbons (Fsp3) is 0.231. The Labute approximate surface area is 113 Å². The molecule has 0 radical (unpaired) electrons. The van der Waals surface area contributed by atoms with E-state index in [0.717, 1.165) is 15.6 Å². The van der Waals surface area contributed by atoms with Gasteiger partial charge in [0.05, 0.1) is 0 Å². The second-order valence-electron chi connectivity index (χ2n) is 3.95. The molecule has 0 unspecified atom stereocenters. The van der Waals surface area contributed by atoms with Crippen molar-refractivity contribution in [3.8, 4) is 11.3 Å². The van der Waals surface area contributed by atoms with Crippen LogP contribution in [-0.2, 0) is 6.42 Å². The minimum Gasteiger partial charge on any atom is -0.477 e. The van der Waals surface area contributed by atoms with E-state index < -0.39 is 5.97 Å². The van der Waals surface area contributed by atoms with Gasteiger partial charge in [0.15, 0.2) is 5.76 Å². The fourth-order valence-electron chi connectivity index (χ4n) is 1.72. The first-order chi connectivity index (χ1) is 8.54. The van der Waals surface area contributed by atoms with E-state index in [2.05, 4.69) is 21.1 Å². The number of aromatic nitrogens is 1. The molecule has 1 N–H and O–H groups in total. The van der Waals surface area contributed by atoms with E-state index in [1.807, 2.05) is 32.0 Å². The smallest absolute Gasteiger partial charge is 0.341 e. The molecule has 0 bridgehead atoms. The van der Waals surface area contributed by atoms with Crippen LogP contribution in [0.15, 0.2) is 27.2 Å². The number of carboxylic acid groups (broad SMARTS) is 1. The molecule has 0 aliphatic rings. The maximum atomic E-state index is 11.3. The predicted molar refractivity (Wildman–Crippen MR) is 70.7 cm³/mol. The standard InChI is InChI=1S/C13H12BrNO3/c1-3-10-11(13(16)17)12(15-18-10)8-5-4-7(2)9(14)6-8/h4-6H,3H2,1-2H3,(H,16,17). The van der Waals surface area contributed by atoms with Crippen LogP contribution in [0.4, 0.5) is 0 Å². The molecule has 0 fully saturated rings. The van der Waals surface area contributed by atoms with Gasteiger partial charge in [-0.3, -0.25) is 0 Å². The van der Waals surface area contributed by atoms with Crippen molar-refractivity contribution in [1.82, 2.24) is 5.16 Å². The van der Waals surface area contributed by atoms with Crippen LogP contribution in [0.25, 0.3) is 11.3 Å². The first kappa shape index (κ1) is 12.8. The molecule has 2 rings (SSSR count). The number of carboxylic acids is 1. The minimum absolute atomic E-state index is 0.147. The van der Waals surface area contributed by atoms with E-state index in [0.29, 0.717) is 17.9 Å². The van der Waals surface area contributed by atoms with E-state index in [-0.39, 0.29) is 5.56 Å². The third kappa shape index (κ3) is 2.18. The molecule has 5 heteroatoms. The Kier molecular flexibility index (Phi) is 3.52. The molecule has 0 spiro atoms. The van der Waals surface area contributed by atoms with Crippen LogP contribution in [0, 0.1) is 6.92 Å². The molecule has 0 amide bonds. The average molecular weight is 310 g/mol. The maximum absolute atomic E-state index is 11.3. The van der Waals surface area contributed by atoms with Crippen LogP contribution in [0.3, 0.4) is 0 Å². The first-order valence-corrected chi connectivity index (χ1v) is 6.32. The van der Waals surface area contributed by atoms with E-state index >= 15 is 0 Å². The Hall–Kier alpha value is -1.62. The fourth-order valence-corrected chi connectivity index (χ4v) is 2.10. The van der Waals surface area contributed by atoms with E-state index in [9.17, 15) is 9.90 Å². The molecule has 94 valence electrons. The lowest BCUT2D eigenvalue weighted by Crippen LogP contribution is -2.00. The number of rotatable bonds is 3. The summed E-state index contributed by atoms with van der Waals surface area (Å²) in [5.74, 6) is -0.617. The van der Waals surface area contributed by atoms with Crippen molar-refractivity contribution in [2.75, 3.05) is 0 Å². The zero-order valence-corrected chi connectivity index (χ0v) is 11.6. The van der Waals surface area contributed by atoms with Crippen LogP contribution in [0.1, 0.15) is 28.6 Å². The van der Waals surface area contributed by atoms with Gasteiger partial charge in [-0.2, -0.15) is 0 Å². The van der Waals surface area contributed by atoms with Crippen molar-refractivity contribution in [1.29, 1.82) is 0 Å². The summed E-state index contributed by atoms with van der Waals surface area (Å²) in [6, 6.07) is 5.59. The van der Waals surface area contributed by atoms with Gasteiger partial charge in [-0.25, -0.2) is 4.79 Å². The molecule has 0 saturated carbocycles. The van der Waals surface area contributed by atoms with Gasteiger partial charge >= 0.3 is 5.97 Å². The molecule has 0 saturated heterocycles. The third-order valence-corrected chi connectivity index (χ3v) is 3.60. The number of benzene rings is 1. The third-order valence-electron chi connectivity index (χ3n) is 2.74. The van der Waals surface area contributed by atoms with Gasteiger partial charge in [0, 0.05) is 16.5 Å². The van der Waals surface area contributed by atoms with Gasteiger partial charge in [0.25, 0.3) is 0 Å². The summed E-state index contributed by atoms with van der Waals surface area (Å²) < 4.78 is 6.00. The van der Waals surface area contributed by atoms with Crippen molar-refractivity contribution in [2.24, 2.45) is 0 Å². The first-order valence-electron chi connectivity index (χ1n) is 5.53. The lowest BCUT2D eigenvalue weighted by molar-refractivity contribution is 0.0695. The van der Waals surface area contributed by atoms with Crippen molar-refractivity contribution in [2.45, 2.75) is 20.3 Å². The molecule has 2 aromatic rings. The second-order valence-corrected chi connectivity index (χ2v) is 4.81. The van der Waals surface area contributed by atoms with Gasteiger partial charge in [-0.1, -0.05) is 40.1 Å². The molecule has 0 aliphatic carbocycles. The molecule has 18 heavy (non-hydrogen) atoms. The topological polar surface area (TPSA) is 63.3 Å². The summed E-state index contributed by atoms with van der Waals surface area (Å²) in [5, 5.41) is 13.1. The average Bonchev–Trinajstić information content (AvgIpc) is 2.76. The van der Waals surface area contributed by atoms with Gasteiger partial charge in [-0.15, -0.1) is 0 Å². The zero-order valence-electron chi connectivity index (χ0n) is 10.0. The van der Waals surface area contributed by atoms with Crippen molar-refractivity contribution in [3.05, 3.63) is 39.6 Å². The number of halogens is 1. The number of aromatic carboxylic acids is 1. The number of hydrogen-bond donors (Lipinski definition) is 1. The molecule has 1 heterocycles. The van der Waals surface area contributed by atoms with Crippen LogP contribution >= 0.6 is 15.9 Å². The normalized spacial score (nSPS) is 10.6. The molecular formula is C13H12BrNO3. The summed E-state index contributed by atoms with van der Waals surface area (Å²) >= 11 is 3.42. The highest BCUT2D eigenvalue weighted by molar-refractivity contribution is 9.10.